The number of ether oxygens (including phenoxy) is 1. The Balaban J connectivity index is 1.55. The molecule has 3 aromatic carbocycles. The van der Waals surface area contributed by atoms with Crippen LogP contribution >= 0.6 is 22.9 Å². The monoisotopic (exact) mass is 394 g/mol. The van der Waals surface area contributed by atoms with Crippen LogP contribution in [0, 0.1) is 6.92 Å². The number of rotatable bonds is 4. The number of aromatic nitrogens is 1. The second-order valence-electron chi connectivity index (χ2n) is 5.94. The van der Waals surface area contributed by atoms with Gasteiger partial charge in [-0.2, -0.15) is 0 Å². The van der Waals surface area contributed by atoms with E-state index in [0.29, 0.717) is 27.2 Å². The van der Waals surface area contributed by atoms with Crippen molar-refractivity contribution in [3.05, 3.63) is 82.9 Å². The minimum Gasteiger partial charge on any atom is -0.457 e. The molecule has 4 rings (SSSR count). The number of nitrogens with zero attached hydrogens (tertiary/aromatic N) is 1. The van der Waals surface area contributed by atoms with E-state index in [4.69, 9.17) is 16.3 Å². The fourth-order valence-corrected chi connectivity index (χ4v) is 3.72. The molecule has 0 aliphatic heterocycles. The number of hydrogen-bond acceptors (Lipinski definition) is 4. The summed E-state index contributed by atoms with van der Waals surface area (Å²) in [6.07, 6.45) is 0. The van der Waals surface area contributed by atoms with Gasteiger partial charge in [0, 0.05) is 10.6 Å². The van der Waals surface area contributed by atoms with Gasteiger partial charge in [-0.05, 0) is 55.0 Å². The number of anilines is 1. The number of aryl methyl sites for hydroxylation is 1. The van der Waals surface area contributed by atoms with E-state index in [1.165, 1.54) is 11.3 Å². The van der Waals surface area contributed by atoms with Crippen LogP contribution in [0.3, 0.4) is 0 Å². The first-order valence-corrected chi connectivity index (χ1v) is 9.49. The summed E-state index contributed by atoms with van der Waals surface area (Å²) >= 11 is 7.56. The fraction of sp³-hybridized carbons (Fsp3) is 0.0476. The van der Waals surface area contributed by atoms with Crippen molar-refractivity contribution in [2.24, 2.45) is 0 Å². The lowest BCUT2D eigenvalue weighted by atomic mass is 10.2. The van der Waals surface area contributed by atoms with Crippen molar-refractivity contribution in [2.75, 3.05) is 5.32 Å². The van der Waals surface area contributed by atoms with Crippen molar-refractivity contribution in [1.82, 2.24) is 4.98 Å². The molecule has 134 valence electrons. The Morgan fingerprint density at radius 1 is 1.04 bits per heavy atom. The molecule has 6 heteroatoms. The highest BCUT2D eigenvalue weighted by molar-refractivity contribution is 7.22. The van der Waals surface area contributed by atoms with Gasteiger partial charge in [-0.3, -0.25) is 10.1 Å². The smallest absolute Gasteiger partial charge is 0.257 e. The maximum atomic E-state index is 12.6. The lowest BCUT2D eigenvalue weighted by Gasteiger charge is -2.07. The summed E-state index contributed by atoms with van der Waals surface area (Å²) in [6, 6.07) is 20.2. The number of thiazole rings is 1. The second-order valence-corrected chi connectivity index (χ2v) is 7.37. The van der Waals surface area contributed by atoms with Gasteiger partial charge in [0.25, 0.3) is 5.91 Å². The topological polar surface area (TPSA) is 51.2 Å². The van der Waals surface area contributed by atoms with Crippen molar-refractivity contribution in [1.29, 1.82) is 0 Å². The summed E-state index contributed by atoms with van der Waals surface area (Å²) < 4.78 is 6.77. The molecule has 4 nitrogen and oxygen atoms in total. The maximum absolute atomic E-state index is 12.6. The maximum Gasteiger partial charge on any atom is 0.257 e. The van der Waals surface area contributed by atoms with Crippen LogP contribution in [0.2, 0.25) is 5.02 Å². The van der Waals surface area contributed by atoms with E-state index in [2.05, 4.69) is 10.3 Å². The SMILES string of the molecule is Cc1c(Cl)ccc2sc(NC(=O)c3cccc(Oc4ccccc4)c3)nc12. The Hall–Kier alpha value is -2.89. The molecular weight excluding hydrogens is 380 g/mol. The third-order valence-corrected chi connectivity index (χ3v) is 5.39. The van der Waals surface area contributed by atoms with Crippen LogP contribution in [0.1, 0.15) is 15.9 Å². The standard InChI is InChI=1S/C21H15ClN2O2S/c1-13-17(22)10-11-18-19(13)23-21(27-18)24-20(25)14-6-5-9-16(12-14)26-15-7-3-2-4-8-15/h2-12H,1H3,(H,23,24,25). The van der Waals surface area contributed by atoms with E-state index in [1.807, 2.05) is 55.5 Å². The summed E-state index contributed by atoms with van der Waals surface area (Å²) in [5.41, 5.74) is 2.21. The largest absolute Gasteiger partial charge is 0.457 e. The van der Waals surface area contributed by atoms with Crippen LogP contribution in [0.15, 0.2) is 66.7 Å². The average molecular weight is 395 g/mol. The van der Waals surface area contributed by atoms with Gasteiger partial charge < -0.3 is 4.74 Å². The number of fused-ring (bicyclic) bond motifs is 1. The number of carbonyl (C=O) groups is 1. The highest BCUT2D eigenvalue weighted by Crippen LogP contribution is 2.32. The first-order valence-electron chi connectivity index (χ1n) is 8.30. The molecule has 0 atom stereocenters. The van der Waals surface area contributed by atoms with E-state index in [1.54, 1.807) is 18.2 Å². The van der Waals surface area contributed by atoms with Gasteiger partial charge in [0.15, 0.2) is 5.13 Å². The number of hydrogen-bond donors (Lipinski definition) is 1. The molecule has 0 spiro atoms. The first kappa shape index (κ1) is 17.5. The van der Waals surface area contributed by atoms with Gasteiger partial charge in [0.1, 0.15) is 11.5 Å². The van der Waals surface area contributed by atoms with Gasteiger partial charge in [0.2, 0.25) is 0 Å². The molecule has 0 saturated carbocycles. The number of nitrogens with one attached hydrogen (secondary N) is 1. The molecule has 0 unspecified atom stereocenters. The number of benzene rings is 3. The van der Waals surface area contributed by atoms with Gasteiger partial charge in [-0.25, -0.2) is 4.98 Å². The molecule has 0 aliphatic carbocycles. The van der Waals surface area contributed by atoms with Crippen LogP contribution in [0.25, 0.3) is 10.2 Å². The molecule has 4 aromatic rings. The average Bonchev–Trinajstić information content (AvgIpc) is 3.09. The quantitative estimate of drug-likeness (QED) is 0.441. The molecular formula is C21H15ClN2O2S. The summed E-state index contributed by atoms with van der Waals surface area (Å²) in [4.78, 5) is 17.1. The van der Waals surface area contributed by atoms with E-state index < -0.39 is 0 Å². The van der Waals surface area contributed by atoms with Crippen LogP contribution in [-0.2, 0) is 0 Å². The first-order chi connectivity index (χ1) is 13.1. The highest BCUT2D eigenvalue weighted by atomic mass is 35.5. The minimum absolute atomic E-state index is 0.240. The lowest BCUT2D eigenvalue weighted by Crippen LogP contribution is -2.11. The van der Waals surface area contributed by atoms with Gasteiger partial charge >= 0.3 is 0 Å². The summed E-state index contributed by atoms with van der Waals surface area (Å²) in [5.74, 6) is 1.07. The molecule has 0 fully saturated rings. The van der Waals surface area contributed by atoms with E-state index in [-0.39, 0.29) is 5.91 Å². The highest BCUT2D eigenvalue weighted by Gasteiger charge is 2.13. The van der Waals surface area contributed by atoms with Crippen LogP contribution < -0.4 is 10.1 Å². The van der Waals surface area contributed by atoms with E-state index >= 15 is 0 Å². The third kappa shape index (κ3) is 3.79. The molecule has 27 heavy (non-hydrogen) atoms. The van der Waals surface area contributed by atoms with Crippen LogP contribution in [0.5, 0.6) is 11.5 Å². The van der Waals surface area contributed by atoms with Crippen molar-refractivity contribution in [3.8, 4) is 11.5 Å². The van der Waals surface area contributed by atoms with Crippen molar-refractivity contribution < 1.29 is 9.53 Å². The molecule has 0 aliphatic rings. The number of carbonyl (C=O) groups excluding carboxylic acids is 1. The summed E-state index contributed by atoms with van der Waals surface area (Å²) in [5, 5.41) is 4.06. The molecule has 1 amide bonds. The zero-order chi connectivity index (χ0) is 18.8. The molecule has 0 radical (unpaired) electrons. The van der Waals surface area contributed by atoms with Crippen molar-refractivity contribution in [2.45, 2.75) is 6.92 Å². The predicted molar refractivity (Wildman–Crippen MR) is 110 cm³/mol. The minimum atomic E-state index is -0.240. The molecule has 1 aromatic heterocycles. The zero-order valence-corrected chi connectivity index (χ0v) is 16.0. The molecule has 0 bridgehead atoms. The van der Waals surface area contributed by atoms with Gasteiger partial charge in [-0.1, -0.05) is 47.2 Å². The Morgan fingerprint density at radius 2 is 1.81 bits per heavy atom. The predicted octanol–water partition coefficient (Wildman–Crippen LogP) is 6.30. The Labute approximate surface area is 165 Å². The Bertz CT molecular complexity index is 1130. The normalized spacial score (nSPS) is 10.7. The summed E-state index contributed by atoms with van der Waals surface area (Å²) in [6.45, 7) is 1.92. The van der Waals surface area contributed by atoms with Crippen molar-refractivity contribution >= 4 is 44.2 Å². The van der Waals surface area contributed by atoms with Crippen LogP contribution in [-0.4, -0.2) is 10.9 Å². The Morgan fingerprint density at radius 3 is 2.63 bits per heavy atom. The Kier molecular flexibility index (Phi) is 4.79. The van der Waals surface area contributed by atoms with Gasteiger partial charge in [-0.15, -0.1) is 0 Å². The fourth-order valence-electron chi connectivity index (χ4n) is 2.65. The number of para-hydroxylation sites is 1. The second kappa shape index (κ2) is 7.39. The number of halogens is 1. The van der Waals surface area contributed by atoms with Crippen molar-refractivity contribution in [3.63, 3.8) is 0 Å². The third-order valence-electron chi connectivity index (χ3n) is 4.04. The zero-order valence-electron chi connectivity index (χ0n) is 14.4. The lowest BCUT2D eigenvalue weighted by molar-refractivity contribution is 0.102. The van der Waals surface area contributed by atoms with Gasteiger partial charge in [0.05, 0.1) is 10.2 Å². The molecule has 1 N–H and O–H groups in total. The van der Waals surface area contributed by atoms with E-state index in [0.717, 1.165) is 15.8 Å². The summed E-state index contributed by atoms with van der Waals surface area (Å²) in [7, 11) is 0. The number of amides is 1. The van der Waals surface area contributed by atoms with Crippen LogP contribution in [0.4, 0.5) is 5.13 Å². The molecule has 1 heterocycles. The molecule has 0 saturated heterocycles. The van der Waals surface area contributed by atoms with E-state index in [9.17, 15) is 4.79 Å².